The van der Waals surface area contributed by atoms with Gasteiger partial charge in [-0.25, -0.2) is 4.98 Å². The summed E-state index contributed by atoms with van der Waals surface area (Å²) in [6, 6.07) is 0. The van der Waals surface area contributed by atoms with E-state index in [0.717, 1.165) is 23.3 Å². The third kappa shape index (κ3) is 4.65. The molecule has 0 aliphatic rings. The highest BCUT2D eigenvalue weighted by Crippen LogP contribution is 2.21. The van der Waals surface area contributed by atoms with Crippen LogP contribution in [-0.4, -0.2) is 11.5 Å². The van der Waals surface area contributed by atoms with Crippen LogP contribution >= 0.6 is 11.3 Å². The lowest BCUT2D eigenvalue weighted by atomic mass is 10.1. The van der Waals surface area contributed by atoms with Crippen LogP contribution in [0.5, 0.6) is 0 Å². The molecule has 1 heterocycles. The number of anilines is 1. The van der Waals surface area contributed by atoms with E-state index < -0.39 is 0 Å². The van der Waals surface area contributed by atoms with Crippen molar-refractivity contribution in [3.05, 3.63) is 10.6 Å². The number of nitrogens with one attached hydrogen (secondary N) is 1. The van der Waals surface area contributed by atoms with E-state index in [1.54, 1.807) is 11.3 Å². The van der Waals surface area contributed by atoms with Crippen molar-refractivity contribution in [1.29, 1.82) is 0 Å². The van der Waals surface area contributed by atoms with Crippen LogP contribution in [0.15, 0.2) is 0 Å². The second-order valence-electron chi connectivity index (χ2n) is 4.48. The minimum absolute atomic E-state index is 0.828. The second-order valence-corrected chi connectivity index (χ2v) is 5.68. The van der Waals surface area contributed by atoms with Gasteiger partial charge >= 0.3 is 0 Å². The molecule has 0 bridgehead atoms. The van der Waals surface area contributed by atoms with Crippen LogP contribution in [0.1, 0.15) is 43.7 Å². The predicted molar refractivity (Wildman–Crippen MR) is 68.8 cm³/mol. The number of nitrogens with zero attached hydrogens (tertiary/aromatic N) is 1. The first kappa shape index (κ1) is 12.5. The molecular formula is C12H22N2S. The fourth-order valence-corrected chi connectivity index (χ4v) is 2.26. The summed E-state index contributed by atoms with van der Waals surface area (Å²) < 4.78 is 0. The Balaban J connectivity index is 2.15. The Morgan fingerprint density at radius 3 is 2.53 bits per heavy atom. The molecule has 0 radical (unpaired) electrons. The molecule has 0 saturated carbocycles. The van der Waals surface area contributed by atoms with Gasteiger partial charge in [-0.05, 0) is 26.2 Å². The van der Waals surface area contributed by atoms with E-state index in [9.17, 15) is 0 Å². The highest BCUT2D eigenvalue weighted by Gasteiger charge is 2.02. The number of hydrogen-bond acceptors (Lipinski definition) is 3. The summed E-state index contributed by atoms with van der Waals surface area (Å²) in [5.74, 6) is 0.828. The summed E-state index contributed by atoms with van der Waals surface area (Å²) in [7, 11) is 0. The average Bonchev–Trinajstić information content (AvgIpc) is 2.45. The van der Waals surface area contributed by atoms with Crippen LogP contribution < -0.4 is 5.32 Å². The fraction of sp³-hybridized carbons (Fsp3) is 0.750. The van der Waals surface area contributed by atoms with Crippen LogP contribution in [0, 0.1) is 19.8 Å². The van der Waals surface area contributed by atoms with Gasteiger partial charge in [-0.1, -0.05) is 26.7 Å². The largest absolute Gasteiger partial charge is 0.362 e. The van der Waals surface area contributed by atoms with Crippen LogP contribution in [-0.2, 0) is 0 Å². The lowest BCUT2D eigenvalue weighted by Crippen LogP contribution is -2.01. The molecule has 15 heavy (non-hydrogen) atoms. The summed E-state index contributed by atoms with van der Waals surface area (Å²) >= 11 is 1.76. The molecule has 0 saturated heterocycles. The van der Waals surface area contributed by atoms with Crippen molar-refractivity contribution >= 4 is 16.5 Å². The van der Waals surface area contributed by atoms with E-state index >= 15 is 0 Å². The molecule has 1 N–H and O–H groups in total. The number of rotatable bonds is 6. The van der Waals surface area contributed by atoms with Gasteiger partial charge in [0.2, 0.25) is 0 Å². The third-order valence-corrected chi connectivity index (χ3v) is 3.54. The maximum absolute atomic E-state index is 4.45. The Morgan fingerprint density at radius 2 is 2.00 bits per heavy atom. The Bertz CT molecular complexity index is 272. The zero-order chi connectivity index (χ0) is 11.3. The van der Waals surface area contributed by atoms with E-state index in [2.05, 4.69) is 38.0 Å². The molecule has 0 atom stereocenters. The molecule has 0 unspecified atom stereocenters. The molecule has 1 aromatic heterocycles. The molecule has 0 amide bonds. The van der Waals surface area contributed by atoms with Crippen molar-refractivity contribution in [2.45, 2.75) is 47.0 Å². The monoisotopic (exact) mass is 226 g/mol. The molecule has 0 aromatic carbocycles. The first-order chi connectivity index (χ1) is 7.09. The maximum Gasteiger partial charge on any atom is 0.183 e. The molecule has 86 valence electrons. The van der Waals surface area contributed by atoms with Gasteiger partial charge in [0.25, 0.3) is 0 Å². The normalized spacial score (nSPS) is 11.0. The predicted octanol–water partition coefficient (Wildman–Crippen LogP) is 4.00. The van der Waals surface area contributed by atoms with E-state index in [1.165, 1.54) is 24.1 Å². The number of thiazole rings is 1. The minimum Gasteiger partial charge on any atom is -0.362 e. The van der Waals surface area contributed by atoms with Gasteiger partial charge in [0.1, 0.15) is 0 Å². The fourth-order valence-electron chi connectivity index (χ4n) is 1.42. The van der Waals surface area contributed by atoms with E-state index in [1.807, 2.05) is 0 Å². The maximum atomic E-state index is 4.45. The van der Waals surface area contributed by atoms with Crippen LogP contribution in [0.3, 0.4) is 0 Å². The second kappa shape index (κ2) is 6.11. The number of aryl methyl sites for hydroxylation is 2. The lowest BCUT2D eigenvalue weighted by Gasteiger charge is -2.04. The van der Waals surface area contributed by atoms with Gasteiger partial charge in [-0.2, -0.15) is 0 Å². The van der Waals surface area contributed by atoms with E-state index in [0.29, 0.717) is 0 Å². The molecule has 3 heteroatoms. The summed E-state index contributed by atoms with van der Waals surface area (Å²) in [5, 5.41) is 4.47. The zero-order valence-electron chi connectivity index (χ0n) is 10.3. The topological polar surface area (TPSA) is 24.9 Å². The van der Waals surface area contributed by atoms with Crippen molar-refractivity contribution in [2.75, 3.05) is 11.9 Å². The zero-order valence-corrected chi connectivity index (χ0v) is 11.1. The molecule has 1 rings (SSSR count). The van der Waals surface area contributed by atoms with Gasteiger partial charge in [-0.15, -0.1) is 11.3 Å². The van der Waals surface area contributed by atoms with Gasteiger partial charge < -0.3 is 5.32 Å². The highest BCUT2D eigenvalue weighted by atomic mass is 32.1. The Kier molecular flexibility index (Phi) is 5.09. The number of hydrogen-bond donors (Lipinski definition) is 1. The van der Waals surface area contributed by atoms with Gasteiger partial charge in [-0.3, -0.25) is 0 Å². The summed E-state index contributed by atoms with van der Waals surface area (Å²) in [6.07, 6.45) is 3.89. The van der Waals surface area contributed by atoms with Crippen molar-refractivity contribution in [2.24, 2.45) is 5.92 Å². The van der Waals surface area contributed by atoms with Crippen molar-refractivity contribution < 1.29 is 0 Å². The van der Waals surface area contributed by atoms with Gasteiger partial charge in [0, 0.05) is 11.4 Å². The minimum atomic E-state index is 0.828. The van der Waals surface area contributed by atoms with E-state index in [-0.39, 0.29) is 0 Å². The SMILES string of the molecule is Cc1nc(NCCCCC(C)C)sc1C. The molecular weight excluding hydrogens is 204 g/mol. The molecule has 0 aliphatic carbocycles. The van der Waals surface area contributed by atoms with E-state index in [4.69, 9.17) is 0 Å². The number of aromatic nitrogens is 1. The Hall–Kier alpha value is -0.570. The molecule has 0 spiro atoms. The first-order valence-electron chi connectivity index (χ1n) is 5.77. The van der Waals surface area contributed by atoms with Crippen LogP contribution in [0.25, 0.3) is 0 Å². The lowest BCUT2D eigenvalue weighted by molar-refractivity contribution is 0.545. The quantitative estimate of drug-likeness (QED) is 0.742. The first-order valence-corrected chi connectivity index (χ1v) is 6.59. The summed E-state index contributed by atoms with van der Waals surface area (Å²) in [4.78, 5) is 5.77. The molecule has 0 aliphatic heterocycles. The van der Waals surface area contributed by atoms with Gasteiger partial charge in [0.15, 0.2) is 5.13 Å². The standard InChI is InChI=1S/C12H22N2S/c1-9(2)7-5-6-8-13-12-14-10(3)11(4)15-12/h9H,5-8H2,1-4H3,(H,13,14). The Labute approximate surface area is 97.1 Å². The third-order valence-electron chi connectivity index (χ3n) is 2.51. The van der Waals surface area contributed by atoms with Crippen LogP contribution in [0.4, 0.5) is 5.13 Å². The molecule has 1 aromatic rings. The average molecular weight is 226 g/mol. The van der Waals surface area contributed by atoms with Crippen molar-refractivity contribution in [3.8, 4) is 0 Å². The smallest absolute Gasteiger partial charge is 0.183 e. The molecule has 2 nitrogen and oxygen atoms in total. The van der Waals surface area contributed by atoms with Crippen LogP contribution in [0.2, 0.25) is 0 Å². The van der Waals surface area contributed by atoms with Crippen molar-refractivity contribution in [1.82, 2.24) is 4.98 Å². The Morgan fingerprint density at radius 1 is 1.27 bits per heavy atom. The summed E-state index contributed by atoms with van der Waals surface area (Å²) in [6.45, 7) is 9.80. The molecule has 0 fully saturated rings. The van der Waals surface area contributed by atoms with Gasteiger partial charge in [0.05, 0.1) is 5.69 Å². The number of unbranched alkanes of at least 4 members (excludes halogenated alkanes) is 1. The van der Waals surface area contributed by atoms with Crippen molar-refractivity contribution in [3.63, 3.8) is 0 Å². The highest BCUT2D eigenvalue weighted by molar-refractivity contribution is 7.15. The summed E-state index contributed by atoms with van der Waals surface area (Å²) in [5.41, 5.74) is 1.16.